The number of anilines is 1. The molecule has 168 valence electrons. The van der Waals surface area contributed by atoms with E-state index in [0.717, 1.165) is 5.56 Å². The second-order valence-corrected chi connectivity index (χ2v) is 7.44. The molecule has 0 fully saturated rings. The smallest absolute Gasteiger partial charge is 0.255 e. The molecule has 3 rings (SSSR count). The second kappa shape index (κ2) is 11.5. The molecule has 0 saturated heterocycles. The summed E-state index contributed by atoms with van der Waals surface area (Å²) in [5.74, 6) is 0.308. The topological polar surface area (TPSA) is 108 Å². The minimum atomic E-state index is -0.233. The largest absolute Gasteiger partial charge is 0.497 e. The van der Waals surface area contributed by atoms with Gasteiger partial charge in [0.2, 0.25) is 0 Å². The number of carbonyl (C=O) groups is 2. The van der Waals surface area contributed by atoms with Gasteiger partial charge in [0.25, 0.3) is 11.8 Å². The van der Waals surface area contributed by atoms with Crippen molar-refractivity contribution < 1.29 is 14.3 Å². The van der Waals surface area contributed by atoms with Crippen molar-refractivity contribution in [2.75, 3.05) is 25.5 Å². The molecule has 0 aliphatic heterocycles. The minimum Gasteiger partial charge on any atom is -0.497 e. The lowest BCUT2D eigenvalue weighted by Gasteiger charge is -2.23. The molecule has 7 nitrogen and oxygen atoms in total. The van der Waals surface area contributed by atoms with Gasteiger partial charge < -0.3 is 20.7 Å². The first-order valence-electron chi connectivity index (χ1n) is 10.6. The fourth-order valence-electron chi connectivity index (χ4n) is 3.32. The lowest BCUT2D eigenvalue weighted by Crippen LogP contribution is -2.32. The number of nitriles is 1. The minimum absolute atomic E-state index is 0.138. The molecule has 0 atom stereocenters. The van der Waals surface area contributed by atoms with Crippen molar-refractivity contribution in [1.82, 2.24) is 4.90 Å². The molecule has 0 aliphatic carbocycles. The van der Waals surface area contributed by atoms with E-state index < -0.39 is 0 Å². The molecule has 0 radical (unpaired) electrons. The van der Waals surface area contributed by atoms with Gasteiger partial charge >= 0.3 is 0 Å². The quantitative estimate of drug-likeness (QED) is 0.524. The van der Waals surface area contributed by atoms with Crippen molar-refractivity contribution in [3.05, 3.63) is 95.1 Å². The zero-order valence-corrected chi connectivity index (χ0v) is 18.5. The molecule has 33 heavy (non-hydrogen) atoms. The van der Waals surface area contributed by atoms with Gasteiger partial charge in [-0.05, 0) is 79.2 Å². The van der Waals surface area contributed by atoms with Crippen LogP contribution in [-0.2, 0) is 6.54 Å². The van der Waals surface area contributed by atoms with Crippen LogP contribution in [0.15, 0.2) is 72.8 Å². The molecule has 0 aliphatic rings. The van der Waals surface area contributed by atoms with Crippen LogP contribution in [0.5, 0.6) is 5.75 Å². The van der Waals surface area contributed by atoms with Crippen molar-refractivity contribution in [3.8, 4) is 11.8 Å². The number of rotatable bonds is 9. The summed E-state index contributed by atoms with van der Waals surface area (Å²) >= 11 is 0. The lowest BCUT2D eigenvalue weighted by molar-refractivity contribution is 0.0742. The summed E-state index contributed by atoms with van der Waals surface area (Å²) in [7, 11) is 1.57. The van der Waals surface area contributed by atoms with E-state index in [1.807, 2.05) is 18.2 Å². The van der Waals surface area contributed by atoms with Crippen molar-refractivity contribution in [2.45, 2.75) is 13.0 Å². The van der Waals surface area contributed by atoms with Crippen LogP contribution in [-0.4, -0.2) is 36.9 Å². The molecule has 0 spiro atoms. The maximum absolute atomic E-state index is 13.1. The van der Waals surface area contributed by atoms with Crippen LogP contribution >= 0.6 is 0 Å². The molecule has 7 heteroatoms. The SMILES string of the molecule is COc1ccc(C(=O)Nc2cccc(CN(CCCN)C(=O)c3ccc(C#N)cc3)c2)cc1. The van der Waals surface area contributed by atoms with E-state index in [1.54, 1.807) is 66.6 Å². The van der Waals surface area contributed by atoms with Crippen molar-refractivity contribution in [3.63, 3.8) is 0 Å². The molecule has 0 unspecified atom stereocenters. The van der Waals surface area contributed by atoms with Gasteiger partial charge in [-0.3, -0.25) is 9.59 Å². The van der Waals surface area contributed by atoms with Crippen LogP contribution in [0.2, 0.25) is 0 Å². The molecule has 0 heterocycles. The Kier molecular flexibility index (Phi) is 8.17. The first-order valence-corrected chi connectivity index (χ1v) is 10.6. The molecular formula is C26H26N4O3. The van der Waals surface area contributed by atoms with E-state index >= 15 is 0 Å². The third-order valence-electron chi connectivity index (χ3n) is 5.09. The van der Waals surface area contributed by atoms with Crippen molar-refractivity contribution in [2.24, 2.45) is 5.73 Å². The van der Waals surface area contributed by atoms with E-state index in [-0.39, 0.29) is 11.8 Å². The predicted octanol–water partition coefficient (Wildman–Crippen LogP) is 3.81. The van der Waals surface area contributed by atoms with Crippen molar-refractivity contribution >= 4 is 17.5 Å². The summed E-state index contributed by atoms with van der Waals surface area (Å²) in [6.07, 6.45) is 0.663. The molecule has 3 aromatic carbocycles. The van der Waals surface area contributed by atoms with Gasteiger partial charge in [0.15, 0.2) is 0 Å². The number of benzene rings is 3. The molecular weight excluding hydrogens is 416 g/mol. The standard InChI is InChI=1S/C26H26N4O3/c1-33-24-12-10-21(11-13-24)25(31)29-23-5-2-4-20(16-23)18-30(15-3-14-27)26(32)22-8-6-19(17-28)7-9-22/h2,4-13,16H,3,14-15,18,27H2,1H3,(H,29,31). The summed E-state index contributed by atoms with van der Waals surface area (Å²) in [4.78, 5) is 27.4. The van der Waals surface area contributed by atoms with Crippen LogP contribution in [0.25, 0.3) is 0 Å². The Labute approximate surface area is 193 Å². The lowest BCUT2D eigenvalue weighted by atomic mass is 10.1. The molecule has 0 aromatic heterocycles. The van der Waals surface area contributed by atoms with E-state index in [1.165, 1.54) is 0 Å². The first kappa shape index (κ1) is 23.5. The Morgan fingerprint density at radius 2 is 1.73 bits per heavy atom. The average Bonchev–Trinajstić information content (AvgIpc) is 2.86. The highest BCUT2D eigenvalue weighted by Gasteiger charge is 2.16. The van der Waals surface area contributed by atoms with Crippen LogP contribution < -0.4 is 15.8 Å². The average molecular weight is 443 g/mol. The third kappa shape index (κ3) is 6.42. The van der Waals surface area contributed by atoms with E-state index in [9.17, 15) is 9.59 Å². The molecule has 3 N–H and O–H groups in total. The van der Waals surface area contributed by atoms with Crippen LogP contribution in [0.4, 0.5) is 5.69 Å². The number of amides is 2. The molecule has 2 amide bonds. The number of nitrogens with two attached hydrogens (primary N) is 1. The summed E-state index contributed by atoms with van der Waals surface area (Å²) in [6.45, 7) is 1.33. The fourth-order valence-corrected chi connectivity index (χ4v) is 3.32. The number of hydrogen-bond acceptors (Lipinski definition) is 5. The number of hydrogen-bond donors (Lipinski definition) is 2. The number of nitrogens with zero attached hydrogens (tertiary/aromatic N) is 2. The Balaban J connectivity index is 1.73. The Hall–Kier alpha value is -4.15. The monoisotopic (exact) mass is 442 g/mol. The zero-order valence-electron chi connectivity index (χ0n) is 18.5. The van der Waals surface area contributed by atoms with Crippen LogP contribution in [0.3, 0.4) is 0 Å². The highest BCUT2D eigenvalue weighted by atomic mass is 16.5. The summed E-state index contributed by atoms with van der Waals surface area (Å²) < 4.78 is 5.12. The van der Waals surface area contributed by atoms with Gasteiger partial charge in [-0.25, -0.2) is 0 Å². The molecule has 3 aromatic rings. The van der Waals surface area contributed by atoms with Gasteiger partial charge in [0.05, 0.1) is 18.7 Å². The van der Waals surface area contributed by atoms with Gasteiger partial charge in [-0.15, -0.1) is 0 Å². The Bertz CT molecular complexity index is 1140. The maximum Gasteiger partial charge on any atom is 0.255 e. The van der Waals surface area contributed by atoms with Gasteiger partial charge in [0, 0.05) is 29.9 Å². The highest BCUT2D eigenvalue weighted by molar-refractivity contribution is 6.04. The number of carbonyl (C=O) groups excluding carboxylic acids is 2. The predicted molar refractivity (Wildman–Crippen MR) is 127 cm³/mol. The highest BCUT2D eigenvalue weighted by Crippen LogP contribution is 2.17. The number of methoxy groups -OCH3 is 1. The first-order chi connectivity index (χ1) is 16.0. The van der Waals surface area contributed by atoms with Gasteiger partial charge in [0.1, 0.15) is 5.75 Å². The van der Waals surface area contributed by atoms with E-state index in [2.05, 4.69) is 11.4 Å². The summed E-state index contributed by atoms with van der Waals surface area (Å²) in [6, 6.07) is 22.9. The number of ether oxygens (including phenoxy) is 1. The molecule has 0 saturated carbocycles. The van der Waals surface area contributed by atoms with Crippen molar-refractivity contribution in [1.29, 1.82) is 5.26 Å². The van der Waals surface area contributed by atoms with Gasteiger partial charge in [-0.1, -0.05) is 12.1 Å². The summed E-state index contributed by atoms with van der Waals surface area (Å²) in [5, 5.41) is 11.9. The maximum atomic E-state index is 13.1. The second-order valence-electron chi connectivity index (χ2n) is 7.44. The van der Waals surface area contributed by atoms with Crippen LogP contribution in [0.1, 0.15) is 38.3 Å². The normalized spacial score (nSPS) is 10.2. The van der Waals surface area contributed by atoms with Crippen LogP contribution in [0, 0.1) is 11.3 Å². The number of nitrogens with one attached hydrogen (secondary N) is 1. The summed E-state index contributed by atoms with van der Waals surface area (Å²) in [5.41, 5.74) is 8.71. The fraction of sp³-hybridized carbons (Fsp3) is 0.192. The third-order valence-corrected chi connectivity index (χ3v) is 5.09. The molecule has 0 bridgehead atoms. The van der Waals surface area contributed by atoms with Gasteiger partial charge in [-0.2, -0.15) is 5.26 Å². The van der Waals surface area contributed by atoms with E-state index in [0.29, 0.717) is 54.2 Å². The Morgan fingerprint density at radius 3 is 2.36 bits per heavy atom. The van der Waals surface area contributed by atoms with E-state index in [4.69, 9.17) is 15.7 Å². The Morgan fingerprint density at radius 1 is 1.03 bits per heavy atom. The zero-order chi connectivity index (χ0) is 23.6.